The number of halogens is 3. The average molecular weight is 492 g/mol. The first-order valence-corrected chi connectivity index (χ1v) is 11.5. The van der Waals surface area contributed by atoms with Crippen molar-refractivity contribution in [2.75, 3.05) is 13.2 Å². The van der Waals surface area contributed by atoms with Gasteiger partial charge >= 0.3 is 12.1 Å². The van der Waals surface area contributed by atoms with Gasteiger partial charge < -0.3 is 15.2 Å². The highest BCUT2D eigenvalue weighted by molar-refractivity contribution is 7.14. The number of hydrogen-bond acceptors (Lipinski definition) is 4. The molecule has 3 aromatic rings. The Morgan fingerprint density at radius 1 is 0.912 bits per heavy atom. The Balaban J connectivity index is 1.38. The Morgan fingerprint density at radius 3 is 2.18 bits per heavy atom. The van der Waals surface area contributed by atoms with Crippen molar-refractivity contribution >= 4 is 23.2 Å². The van der Waals surface area contributed by atoms with Gasteiger partial charge in [-0.2, -0.15) is 13.2 Å². The maximum absolute atomic E-state index is 12.7. The van der Waals surface area contributed by atoms with Gasteiger partial charge in [-0.25, -0.2) is 0 Å². The second kappa shape index (κ2) is 11.7. The van der Waals surface area contributed by atoms with E-state index >= 15 is 0 Å². The van der Waals surface area contributed by atoms with Crippen LogP contribution in [0.2, 0.25) is 0 Å². The minimum absolute atomic E-state index is 0.101. The Bertz CT molecular complexity index is 1090. The molecular weight excluding hydrogens is 467 g/mol. The summed E-state index contributed by atoms with van der Waals surface area (Å²) in [5, 5.41) is 11.2. The van der Waals surface area contributed by atoms with E-state index in [1.807, 2.05) is 18.2 Å². The molecule has 9 heteroatoms. The molecule has 0 aliphatic heterocycles. The quantitative estimate of drug-likeness (QED) is 0.321. The number of rotatable bonds is 11. The van der Waals surface area contributed by atoms with Gasteiger partial charge in [0.15, 0.2) is 0 Å². The smallest absolute Gasteiger partial charge is 0.416 e. The molecule has 1 aromatic heterocycles. The van der Waals surface area contributed by atoms with Crippen LogP contribution in [0.4, 0.5) is 13.2 Å². The van der Waals surface area contributed by atoms with Crippen LogP contribution in [0.15, 0.2) is 60.7 Å². The van der Waals surface area contributed by atoms with Gasteiger partial charge in [-0.05, 0) is 66.8 Å². The Labute approximate surface area is 199 Å². The molecule has 0 fully saturated rings. The van der Waals surface area contributed by atoms with Gasteiger partial charge in [0.1, 0.15) is 5.75 Å². The topological polar surface area (TPSA) is 75.6 Å². The number of nitrogens with one attached hydrogen (secondary N) is 1. The lowest BCUT2D eigenvalue weighted by molar-refractivity contribution is -0.138. The van der Waals surface area contributed by atoms with Gasteiger partial charge in [-0.1, -0.05) is 24.3 Å². The highest BCUT2D eigenvalue weighted by Crippen LogP contribution is 2.31. The molecule has 0 saturated carbocycles. The van der Waals surface area contributed by atoms with Crippen molar-refractivity contribution in [3.63, 3.8) is 0 Å². The fraction of sp³-hybridized carbons (Fsp3) is 0.280. The van der Waals surface area contributed by atoms with Crippen LogP contribution in [0, 0.1) is 0 Å². The van der Waals surface area contributed by atoms with Crippen LogP contribution < -0.4 is 10.1 Å². The van der Waals surface area contributed by atoms with E-state index in [1.54, 1.807) is 18.2 Å². The van der Waals surface area contributed by atoms with Crippen LogP contribution in [0.1, 0.15) is 39.4 Å². The van der Waals surface area contributed by atoms with Crippen molar-refractivity contribution in [3.8, 4) is 16.9 Å². The number of thiophene rings is 1. The number of aliphatic carboxylic acids is 1. The zero-order valence-corrected chi connectivity index (χ0v) is 19.0. The molecule has 0 bridgehead atoms. The minimum Gasteiger partial charge on any atom is -0.494 e. The maximum Gasteiger partial charge on any atom is 0.416 e. The number of unbranched alkanes of at least 4 members (excludes halogenated alkanes) is 1. The molecule has 3 rings (SSSR count). The standard InChI is InChI=1S/C25H24F3NO4S/c26-25(27,28)19-8-4-17(5-9-19)18-6-10-20(11-7-18)33-16-2-1-3-21-12-13-22(34-21)24(32)29-15-14-23(30)31/h4-13H,1-3,14-16H2,(H,29,32)(H,30,31). The molecule has 0 spiro atoms. The molecule has 0 unspecified atom stereocenters. The van der Waals surface area contributed by atoms with Gasteiger partial charge in [0.25, 0.3) is 5.91 Å². The summed E-state index contributed by atoms with van der Waals surface area (Å²) in [4.78, 5) is 24.1. The number of carboxylic acid groups (broad SMARTS) is 1. The van der Waals surface area contributed by atoms with Crippen molar-refractivity contribution in [1.29, 1.82) is 0 Å². The van der Waals surface area contributed by atoms with Crippen LogP contribution >= 0.6 is 11.3 Å². The number of carboxylic acids is 1. The molecule has 0 atom stereocenters. The fourth-order valence-corrected chi connectivity index (χ4v) is 4.16. The fourth-order valence-electron chi connectivity index (χ4n) is 3.19. The number of amides is 1. The summed E-state index contributed by atoms with van der Waals surface area (Å²) in [5.74, 6) is -0.530. The van der Waals surface area contributed by atoms with E-state index in [0.717, 1.165) is 41.8 Å². The molecule has 34 heavy (non-hydrogen) atoms. The first-order chi connectivity index (χ1) is 16.2. The van der Waals surface area contributed by atoms with E-state index < -0.39 is 17.7 Å². The molecule has 5 nitrogen and oxygen atoms in total. The average Bonchev–Trinajstić information content (AvgIpc) is 3.28. The van der Waals surface area contributed by atoms with Gasteiger partial charge in [-0.3, -0.25) is 9.59 Å². The predicted molar refractivity (Wildman–Crippen MR) is 124 cm³/mol. The number of carbonyl (C=O) groups is 2. The van der Waals surface area contributed by atoms with E-state index in [1.165, 1.54) is 23.5 Å². The van der Waals surface area contributed by atoms with Crippen molar-refractivity contribution in [1.82, 2.24) is 5.32 Å². The van der Waals surface area contributed by atoms with E-state index in [4.69, 9.17) is 9.84 Å². The SMILES string of the molecule is O=C(O)CCNC(=O)c1ccc(CCCCOc2ccc(-c3ccc(C(F)(F)F)cc3)cc2)s1. The van der Waals surface area contributed by atoms with Gasteiger partial charge in [-0.15, -0.1) is 11.3 Å². The summed E-state index contributed by atoms with van der Waals surface area (Å²) in [6, 6.07) is 15.9. The number of carbonyl (C=O) groups excluding carboxylic acids is 1. The summed E-state index contributed by atoms with van der Waals surface area (Å²) in [7, 11) is 0. The zero-order chi connectivity index (χ0) is 24.6. The largest absolute Gasteiger partial charge is 0.494 e. The van der Waals surface area contributed by atoms with Crippen molar-refractivity contribution < 1.29 is 32.6 Å². The van der Waals surface area contributed by atoms with E-state index in [0.29, 0.717) is 22.8 Å². The maximum atomic E-state index is 12.7. The Kier molecular flexibility index (Phi) is 8.70. The third-order valence-corrected chi connectivity index (χ3v) is 6.14. The molecule has 1 amide bonds. The number of aryl methyl sites for hydroxylation is 1. The molecule has 0 aliphatic carbocycles. The van der Waals surface area contributed by atoms with Crippen LogP contribution in [0.3, 0.4) is 0 Å². The number of benzene rings is 2. The van der Waals surface area contributed by atoms with Crippen molar-refractivity contribution in [2.45, 2.75) is 31.9 Å². The van der Waals surface area contributed by atoms with Crippen LogP contribution in [0.25, 0.3) is 11.1 Å². The number of alkyl halides is 3. The third kappa shape index (κ3) is 7.62. The molecule has 0 saturated heterocycles. The van der Waals surface area contributed by atoms with Crippen LogP contribution in [-0.4, -0.2) is 30.1 Å². The van der Waals surface area contributed by atoms with E-state index in [9.17, 15) is 22.8 Å². The minimum atomic E-state index is -4.35. The predicted octanol–water partition coefficient (Wildman–Crippen LogP) is 6.04. The molecule has 0 aliphatic rings. The molecule has 2 aromatic carbocycles. The first kappa shape index (κ1) is 25.3. The van der Waals surface area contributed by atoms with Gasteiger partial charge in [0.2, 0.25) is 0 Å². The highest BCUT2D eigenvalue weighted by Gasteiger charge is 2.29. The van der Waals surface area contributed by atoms with Gasteiger partial charge in [0.05, 0.1) is 23.5 Å². The zero-order valence-electron chi connectivity index (χ0n) is 18.2. The molecule has 1 heterocycles. The molecule has 180 valence electrons. The number of hydrogen-bond donors (Lipinski definition) is 2. The molecule has 0 radical (unpaired) electrons. The summed E-state index contributed by atoms with van der Waals surface area (Å²) in [5.41, 5.74) is 0.834. The lowest BCUT2D eigenvalue weighted by Gasteiger charge is -2.09. The molecule has 2 N–H and O–H groups in total. The van der Waals surface area contributed by atoms with Crippen molar-refractivity contribution in [2.24, 2.45) is 0 Å². The Hall–Kier alpha value is -3.33. The Morgan fingerprint density at radius 2 is 1.56 bits per heavy atom. The number of ether oxygens (including phenoxy) is 1. The normalized spacial score (nSPS) is 11.3. The van der Waals surface area contributed by atoms with E-state index in [-0.39, 0.29) is 18.9 Å². The monoisotopic (exact) mass is 491 g/mol. The van der Waals surface area contributed by atoms with Crippen LogP contribution in [-0.2, 0) is 17.4 Å². The third-order valence-electron chi connectivity index (χ3n) is 5.00. The van der Waals surface area contributed by atoms with Crippen molar-refractivity contribution in [3.05, 3.63) is 76.0 Å². The summed E-state index contributed by atoms with van der Waals surface area (Å²) < 4.78 is 43.8. The second-order valence-corrected chi connectivity index (χ2v) is 8.74. The lowest BCUT2D eigenvalue weighted by Crippen LogP contribution is -2.25. The van der Waals surface area contributed by atoms with E-state index in [2.05, 4.69) is 5.32 Å². The summed E-state index contributed by atoms with van der Waals surface area (Å²) in [6.45, 7) is 0.623. The molecular formula is C25H24F3NO4S. The lowest BCUT2D eigenvalue weighted by atomic mass is 10.0. The van der Waals surface area contributed by atoms with Crippen LogP contribution in [0.5, 0.6) is 5.75 Å². The highest BCUT2D eigenvalue weighted by atomic mass is 32.1. The summed E-state index contributed by atoms with van der Waals surface area (Å²) >= 11 is 1.39. The second-order valence-electron chi connectivity index (χ2n) is 7.57. The van der Waals surface area contributed by atoms with Gasteiger partial charge in [0, 0.05) is 11.4 Å². The first-order valence-electron chi connectivity index (χ1n) is 10.7. The summed E-state index contributed by atoms with van der Waals surface area (Å²) in [6.07, 6.45) is -1.95.